The maximum atomic E-state index is 14.2. The SMILES string of the molecule is N#Cc1cc(-c2ncnc(Nc3ccc(N4CCN(C5COC5)CC4)cc3)n2)ccc1O[C@@H]1CCNCC1(F)F.N#Cc1cc(-c2ncnc(Nc3ccc(N4CCN(C5COC5)CC4)cc3)n2)ccc1O[C@H]1CCNCC1(F)F. The second-order valence-electron chi connectivity index (χ2n) is 20.3. The third-order valence-corrected chi connectivity index (χ3v) is 15.1. The average molecular weight is 1100 g/mol. The molecule has 6 aromatic rings. The molecule has 4 aromatic carbocycles. The number of piperidine rings is 2. The number of aromatic nitrogens is 6. The Bertz CT molecular complexity index is 2950. The standard InChI is InChI=1S/2C28H30F2N8O2/c2*29-28(30)17-32-8-7-25(28)40-24-6-1-19(13-20(24)14-31)26-33-18-34-27(36-26)35-21-2-4-22(5-3-21)37-9-11-38(12-10-37)23-15-39-16-23/h2*1-6,13,18,23,25,32H,7-12,15-17H2,(H,33,34,35,36)/t2*25-/m10/s1. The summed E-state index contributed by atoms with van der Waals surface area (Å²) in [5.41, 5.74) is 5.37. The molecular weight excluding hydrogens is 1040 g/mol. The first-order chi connectivity index (χ1) is 39.0. The van der Waals surface area contributed by atoms with E-state index in [1.54, 1.807) is 24.3 Å². The summed E-state index contributed by atoms with van der Waals surface area (Å²) in [6.45, 7) is 11.4. The van der Waals surface area contributed by atoms with Crippen LogP contribution in [-0.4, -0.2) is 181 Å². The first-order valence-electron chi connectivity index (χ1n) is 26.8. The van der Waals surface area contributed by atoms with Gasteiger partial charge in [-0.3, -0.25) is 9.80 Å². The number of nitriles is 2. The van der Waals surface area contributed by atoms with E-state index in [0.29, 0.717) is 59.8 Å². The minimum Gasteiger partial charge on any atom is -0.483 e. The van der Waals surface area contributed by atoms with Crippen molar-refractivity contribution in [2.45, 2.75) is 49.0 Å². The van der Waals surface area contributed by atoms with Crippen molar-refractivity contribution >= 4 is 34.6 Å². The number of hydrogen-bond donors (Lipinski definition) is 4. The van der Waals surface area contributed by atoms with Crippen LogP contribution < -0.4 is 40.5 Å². The van der Waals surface area contributed by atoms with Crippen LogP contribution in [0.3, 0.4) is 0 Å². The number of ether oxygens (including phenoxy) is 4. The van der Waals surface area contributed by atoms with Gasteiger partial charge in [0.05, 0.1) is 62.7 Å². The highest BCUT2D eigenvalue weighted by Crippen LogP contribution is 2.34. The zero-order chi connectivity index (χ0) is 55.1. The van der Waals surface area contributed by atoms with E-state index in [9.17, 15) is 28.1 Å². The highest BCUT2D eigenvalue weighted by molar-refractivity contribution is 5.66. The predicted octanol–water partition coefficient (Wildman–Crippen LogP) is 6.10. The van der Waals surface area contributed by atoms with Crippen LogP contribution in [0.5, 0.6) is 11.5 Å². The summed E-state index contributed by atoms with van der Waals surface area (Å²) >= 11 is 0. The number of nitrogens with one attached hydrogen (secondary N) is 4. The van der Waals surface area contributed by atoms with Crippen LogP contribution >= 0.6 is 0 Å². The van der Waals surface area contributed by atoms with E-state index in [4.69, 9.17) is 18.9 Å². The summed E-state index contributed by atoms with van der Waals surface area (Å²) in [5, 5.41) is 31.1. The minimum absolute atomic E-state index is 0.115. The van der Waals surface area contributed by atoms with Crippen LogP contribution in [0.1, 0.15) is 24.0 Å². The molecule has 6 aliphatic rings. The summed E-state index contributed by atoms with van der Waals surface area (Å²) < 4.78 is 78.7. The summed E-state index contributed by atoms with van der Waals surface area (Å²) in [6, 6.07) is 30.9. The molecule has 12 rings (SSSR count). The second-order valence-corrected chi connectivity index (χ2v) is 20.3. The van der Waals surface area contributed by atoms with Gasteiger partial charge in [-0.25, -0.2) is 37.5 Å². The molecule has 2 atom stereocenters. The minimum atomic E-state index is -3.02. The maximum Gasteiger partial charge on any atom is 0.296 e. The number of hydrogen-bond acceptors (Lipinski definition) is 20. The fourth-order valence-corrected chi connectivity index (χ4v) is 10.3. The number of benzene rings is 4. The Morgan fingerprint density at radius 3 is 1.29 bits per heavy atom. The lowest BCUT2D eigenvalue weighted by molar-refractivity contribution is -0.109. The Kier molecular flexibility index (Phi) is 16.4. The van der Waals surface area contributed by atoms with Crippen molar-refractivity contribution < 1.29 is 36.5 Å². The van der Waals surface area contributed by atoms with Crippen molar-refractivity contribution in [2.75, 3.05) is 125 Å². The van der Waals surface area contributed by atoms with E-state index in [2.05, 4.69) is 95.0 Å². The number of piperazine rings is 2. The van der Waals surface area contributed by atoms with Gasteiger partial charge in [0, 0.05) is 99.1 Å². The highest BCUT2D eigenvalue weighted by atomic mass is 19.3. The molecule has 6 saturated heterocycles. The van der Waals surface area contributed by atoms with E-state index < -0.39 is 37.1 Å². The molecule has 0 saturated carbocycles. The molecule has 0 bridgehead atoms. The Labute approximate surface area is 460 Å². The van der Waals surface area contributed by atoms with Crippen LogP contribution in [0.15, 0.2) is 97.6 Å². The van der Waals surface area contributed by atoms with E-state index in [-0.39, 0.29) is 35.5 Å². The summed E-state index contributed by atoms with van der Waals surface area (Å²) in [7, 11) is 0. The normalized spacial score (nSPS) is 21.3. The number of nitrogens with zero attached hydrogens (tertiary/aromatic N) is 12. The van der Waals surface area contributed by atoms with Crippen molar-refractivity contribution in [1.82, 2.24) is 50.3 Å². The molecule has 0 aliphatic carbocycles. The van der Waals surface area contributed by atoms with Gasteiger partial charge in [0.15, 0.2) is 23.9 Å². The fourth-order valence-electron chi connectivity index (χ4n) is 10.3. The van der Waals surface area contributed by atoms with Gasteiger partial charge in [-0.2, -0.15) is 20.5 Å². The van der Waals surface area contributed by atoms with Gasteiger partial charge in [-0.15, -0.1) is 0 Å². The summed E-state index contributed by atoms with van der Waals surface area (Å²) in [4.78, 5) is 35.7. The number of anilines is 6. The lowest BCUT2D eigenvalue weighted by Gasteiger charge is -2.43. The van der Waals surface area contributed by atoms with Crippen LogP contribution in [0.2, 0.25) is 0 Å². The molecule has 24 heteroatoms. The van der Waals surface area contributed by atoms with Crippen LogP contribution in [0.25, 0.3) is 22.8 Å². The highest BCUT2D eigenvalue weighted by Gasteiger charge is 2.45. The quantitative estimate of drug-likeness (QED) is 0.0905. The van der Waals surface area contributed by atoms with Crippen molar-refractivity contribution in [3.63, 3.8) is 0 Å². The van der Waals surface area contributed by atoms with Crippen molar-refractivity contribution in [2.24, 2.45) is 0 Å². The van der Waals surface area contributed by atoms with Crippen LogP contribution in [0, 0.1) is 22.7 Å². The Morgan fingerprint density at radius 1 is 0.537 bits per heavy atom. The number of halogens is 4. The molecule has 6 aliphatic heterocycles. The van der Waals surface area contributed by atoms with Gasteiger partial charge < -0.3 is 50.0 Å². The molecule has 4 N–H and O–H groups in total. The van der Waals surface area contributed by atoms with E-state index in [1.165, 1.54) is 36.2 Å². The van der Waals surface area contributed by atoms with Crippen LogP contribution in [-0.2, 0) is 9.47 Å². The van der Waals surface area contributed by atoms with Crippen molar-refractivity contribution in [1.29, 1.82) is 10.5 Å². The van der Waals surface area contributed by atoms with Gasteiger partial charge in [0.2, 0.25) is 11.9 Å². The Balaban J connectivity index is 0.000000169. The topological polar surface area (TPSA) is 223 Å². The first kappa shape index (κ1) is 54.1. The molecule has 0 spiro atoms. The Morgan fingerprint density at radius 2 is 0.938 bits per heavy atom. The Hall–Kier alpha value is -7.84. The molecule has 0 unspecified atom stereocenters. The van der Waals surface area contributed by atoms with Crippen LogP contribution in [0.4, 0.5) is 52.2 Å². The fraction of sp³-hybridized carbons (Fsp3) is 0.429. The number of alkyl halides is 4. The first-order valence-corrected chi connectivity index (χ1v) is 26.8. The predicted molar refractivity (Wildman–Crippen MR) is 290 cm³/mol. The molecule has 20 nitrogen and oxygen atoms in total. The molecule has 8 heterocycles. The summed E-state index contributed by atoms with van der Waals surface area (Å²) in [5.74, 6) is -4.41. The van der Waals surface area contributed by atoms with Gasteiger partial charge in [0.25, 0.3) is 11.8 Å². The monoisotopic (exact) mass is 1100 g/mol. The molecule has 80 heavy (non-hydrogen) atoms. The van der Waals surface area contributed by atoms with Gasteiger partial charge in [0.1, 0.15) is 36.3 Å². The average Bonchev–Trinajstić information content (AvgIpc) is 3.45. The van der Waals surface area contributed by atoms with Gasteiger partial charge in [-0.05, 0) is 98.0 Å². The molecular formula is C56H60F4N16O4. The third kappa shape index (κ3) is 12.8. The second kappa shape index (κ2) is 24.3. The molecule has 0 amide bonds. The third-order valence-electron chi connectivity index (χ3n) is 15.1. The van der Waals surface area contributed by atoms with Gasteiger partial charge >= 0.3 is 0 Å². The van der Waals surface area contributed by atoms with Gasteiger partial charge in [-0.1, -0.05) is 0 Å². The lowest BCUT2D eigenvalue weighted by atomic mass is 10.0. The zero-order valence-corrected chi connectivity index (χ0v) is 43.8. The van der Waals surface area contributed by atoms with E-state index in [1.807, 2.05) is 36.4 Å². The van der Waals surface area contributed by atoms with E-state index >= 15 is 0 Å². The van der Waals surface area contributed by atoms with E-state index in [0.717, 1.165) is 90.2 Å². The molecule has 2 aromatic heterocycles. The molecule has 6 fully saturated rings. The molecule has 416 valence electrons. The molecule has 0 radical (unpaired) electrons. The lowest BCUT2D eigenvalue weighted by Crippen LogP contribution is -2.56. The number of rotatable bonds is 14. The zero-order valence-electron chi connectivity index (χ0n) is 43.8. The maximum absolute atomic E-state index is 14.2. The smallest absolute Gasteiger partial charge is 0.296 e. The largest absolute Gasteiger partial charge is 0.483 e. The van der Waals surface area contributed by atoms with Crippen molar-refractivity contribution in [3.8, 4) is 46.4 Å². The summed E-state index contributed by atoms with van der Waals surface area (Å²) in [6.07, 6.45) is 0.484. The van der Waals surface area contributed by atoms with Crippen molar-refractivity contribution in [3.05, 3.63) is 109 Å².